The molecule has 1 aromatic carbocycles. The first kappa shape index (κ1) is 21.1. The van der Waals surface area contributed by atoms with E-state index in [1.807, 2.05) is 13.8 Å². The zero-order valence-electron chi connectivity index (χ0n) is 16.4. The van der Waals surface area contributed by atoms with E-state index in [4.69, 9.17) is 0 Å². The molecule has 0 radical (unpaired) electrons. The summed E-state index contributed by atoms with van der Waals surface area (Å²) in [5.74, 6) is -0.995. The third kappa shape index (κ3) is 4.54. The minimum atomic E-state index is -4.51. The quantitative estimate of drug-likeness (QED) is 0.767. The van der Waals surface area contributed by atoms with Crippen LogP contribution in [0.2, 0.25) is 0 Å². The van der Waals surface area contributed by atoms with E-state index < -0.39 is 17.6 Å². The molecule has 0 saturated carbocycles. The molecule has 2 aliphatic heterocycles. The fraction of sp³-hybridized carbons (Fsp3) is 0.550. The van der Waals surface area contributed by atoms with Crippen LogP contribution in [0.25, 0.3) is 0 Å². The zero-order chi connectivity index (χ0) is 21.3. The first-order valence-corrected chi connectivity index (χ1v) is 9.62. The van der Waals surface area contributed by atoms with E-state index in [1.54, 1.807) is 9.80 Å². The summed E-state index contributed by atoms with van der Waals surface area (Å²) >= 11 is 0. The van der Waals surface area contributed by atoms with Crippen LogP contribution in [0.1, 0.15) is 36.2 Å². The van der Waals surface area contributed by atoms with Crippen LogP contribution >= 0.6 is 0 Å². The summed E-state index contributed by atoms with van der Waals surface area (Å²) in [4.78, 5) is 42.1. The number of piperazine rings is 1. The number of benzene rings is 1. The lowest BCUT2D eigenvalue weighted by Gasteiger charge is -2.36. The van der Waals surface area contributed by atoms with Gasteiger partial charge in [0.25, 0.3) is 5.91 Å². The molecule has 0 spiro atoms. The molecule has 0 aliphatic carbocycles. The minimum absolute atomic E-state index is 0.0198. The molecule has 1 aromatic rings. The molecule has 9 heteroatoms. The Morgan fingerprint density at radius 2 is 1.69 bits per heavy atom. The summed E-state index contributed by atoms with van der Waals surface area (Å²) in [5, 5.41) is 0. The summed E-state index contributed by atoms with van der Waals surface area (Å²) in [5.41, 5.74) is -0.883. The molecule has 0 aromatic heterocycles. The lowest BCUT2D eigenvalue weighted by Crippen LogP contribution is -2.52. The molecule has 1 atom stereocenters. The molecule has 2 heterocycles. The average Bonchev–Trinajstić information content (AvgIpc) is 3.08. The Morgan fingerprint density at radius 1 is 1.07 bits per heavy atom. The van der Waals surface area contributed by atoms with Gasteiger partial charge in [-0.25, -0.2) is 0 Å². The van der Waals surface area contributed by atoms with Crippen LogP contribution in [0.4, 0.5) is 13.2 Å². The highest BCUT2D eigenvalue weighted by molar-refractivity contribution is 5.95. The Morgan fingerprint density at radius 3 is 2.24 bits per heavy atom. The Kier molecular flexibility index (Phi) is 5.86. The number of amides is 3. The predicted molar refractivity (Wildman–Crippen MR) is 98.9 cm³/mol. The zero-order valence-corrected chi connectivity index (χ0v) is 16.4. The normalized spacial score (nSPS) is 20.6. The number of nitrogens with zero attached hydrogens (tertiary/aromatic N) is 3. The van der Waals surface area contributed by atoms with Crippen molar-refractivity contribution in [2.24, 2.45) is 5.92 Å². The van der Waals surface area contributed by atoms with Gasteiger partial charge in [0, 0.05) is 50.7 Å². The van der Waals surface area contributed by atoms with Crippen molar-refractivity contribution in [1.29, 1.82) is 0 Å². The number of halogens is 3. The topological polar surface area (TPSA) is 60.9 Å². The Bertz CT molecular complexity index is 802. The fourth-order valence-corrected chi connectivity index (χ4v) is 3.80. The molecule has 0 bridgehead atoms. The lowest BCUT2D eigenvalue weighted by atomic mass is 10.1. The first-order valence-electron chi connectivity index (χ1n) is 9.62. The molecule has 2 fully saturated rings. The van der Waals surface area contributed by atoms with Gasteiger partial charge in [0.15, 0.2) is 0 Å². The van der Waals surface area contributed by atoms with Gasteiger partial charge in [-0.15, -0.1) is 0 Å². The number of carbonyl (C=O) groups excluding carboxylic acids is 3. The van der Waals surface area contributed by atoms with Crippen LogP contribution < -0.4 is 0 Å². The molecule has 3 amide bonds. The van der Waals surface area contributed by atoms with Crippen molar-refractivity contribution in [3.05, 3.63) is 35.4 Å². The van der Waals surface area contributed by atoms with Crippen LogP contribution in [0.5, 0.6) is 0 Å². The number of alkyl halides is 3. The Labute approximate surface area is 167 Å². The van der Waals surface area contributed by atoms with Crippen LogP contribution in [0.15, 0.2) is 24.3 Å². The largest absolute Gasteiger partial charge is 0.416 e. The lowest BCUT2D eigenvalue weighted by molar-refractivity contribution is -0.138. The molecule has 2 saturated heterocycles. The second kappa shape index (κ2) is 8.04. The highest BCUT2D eigenvalue weighted by atomic mass is 19.4. The smallest absolute Gasteiger partial charge is 0.339 e. The molecule has 0 unspecified atom stereocenters. The van der Waals surface area contributed by atoms with E-state index in [0.29, 0.717) is 19.6 Å². The standard InChI is InChI=1S/C20H24F3N3O3/c1-13(2)26-12-15(11-17(26)27)19(29)25-8-6-24(7-9-25)18(28)14-4-3-5-16(10-14)20(21,22)23/h3-5,10,13,15H,6-9,11-12H2,1-2H3/t15-/m1/s1. The van der Waals surface area contributed by atoms with Gasteiger partial charge >= 0.3 is 6.18 Å². The Balaban J connectivity index is 1.59. The van der Waals surface area contributed by atoms with Crippen molar-refractivity contribution in [3.8, 4) is 0 Å². The number of hydrogen-bond acceptors (Lipinski definition) is 3. The van der Waals surface area contributed by atoms with E-state index in [2.05, 4.69) is 0 Å². The SMILES string of the molecule is CC(C)N1C[C@H](C(=O)N2CCN(C(=O)c3cccc(C(F)(F)F)c3)CC2)CC1=O. The number of rotatable bonds is 3. The monoisotopic (exact) mass is 411 g/mol. The maximum atomic E-state index is 12.9. The van der Waals surface area contributed by atoms with E-state index in [-0.39, 0.29) is 48.8 Å². The molecule has 3 rings (SSSR count). The van der Waals surface area contributed by atoms with Gasteiger partial charge in [0.1, 0.15) is 0 Å². The predicted octanol–water partition coefficient (Wildman–Crippen LogP) is 2.25. The number of carbonyl (C=O) groups is 3. The molecule has 158 valence electrons. The van der Waals surface area contributed by atoms with Crippen molar-refractivity contribution >= 4 is 17.7 Å². The average molecular weight is 411 g/mol. The molecular weight excluding hydrogens is 387 g/mol. The van der Waals surface area contributed by atoms with E-state index >= 15 is 0 Å². The van der Waals surface area contributed by atoms with Crippen LogP contribution in [-0.2, 0) is 15.8 Å². The third-order valence-corrected chi connectivity index (χ3v) is 5.45. The minimum Gasteiger partial charge on any atom is -0.339 e. The fourth-order valence-electron chi connectivity index (χ4n) is 3.80. The van der Waals surface area contributed by atoms with E-state index in [1.165, 1.54) is 17.0 Å². The van der Waals surface area contributed by atoms with Gasteiger partial charge in [0.05, 0.1) is 11.5 Å². The molecule has 0 N–H and O–H groups in total. The summed E-state index contributed by atoms with van der Waals surface area (Å²) < 4.78 is 38.6. The van der Waals surface area contributed by atoms with Crippen molar-refractivity contribution in [2.45, 2.75) is 32.5 Å². The first-order chi connectivity index (χ1) is 13.6. The van der Waals surface area contributed by atoms with Crippen molar-refractivity contribution in [2.75, 3.05) is 32.7 Å². The van der Waals surface area contributed by atoms with Crippen LogP contribution in [-0.4, -0.2) is 71.2 Å². The molecule has 2 aliphatic rings. The maximum absolute atomic E-state index is 12.9. The molecule has 6 nitrogen and oxygen atoms in total. The third-order valence-electron chi connectivity index (χ3n) is 5.45. The summed E-state index contributed by atoms with van der Waals surface area (Å²) in [6, 6.07) is 4.40. The van der Waals surface area contributed by atoms with Gasteiger partial charge in [-0.3, -0.25) is 14.4 Å². The van der Waals surface area contributed by atoms with Crippen molar-refractivity contribution in [3.63, 3.8) is 0 Å². The number of hydrogen-bond donors (Lipinski definition) is 0. The highest BCUT2D eigenvalue weighted by Gasteiger charge is 2.38. The van der Waals surface area contributed by atoms with Gasteiger partial charge in [-0.1, -0.05) is 6.07 Å². The van der Waals surface area contributed by atoms with Gasteiger partial charge in [-0.2, -0.15) is 13.2 Å². The van der Waals surface area contributed by atoms with Crippen LogP contribution in [0.3, 0.4) is 0 Å². The maximum Gasteiger partial charge on any atom is 0.416 e. The molecular formula is C20H24F3N3O3. The summed E-state index contributed by atoms with van der Waals surface area (Å²) in [6.45, 7) is 5.31. The molecule has 29 heavy (non-hydrogen) atoms. The van der Waals surface area contributed by atoms with Crippen molar-refractivity contribution in [1.82, 2.24) is 14.7 Å². The van der Waals surface area contributed by atoms with E-state index in [0.717, 1.165) is 12.1 Å². The summed E-state index contributed by atoms with van der Waals surface area (Å²) in [6.07, 6.45) is -4.32. The van der Waals surface area contributed by atoms with Gasteiger partial charge in [0.2, 0.25) is 11.8 Å². The number of likely N-dealkylation sites (tertiary alicyclic amines) is 1. The second-order valence-corrected chi connectivity index (χ2v) is 7.74. The second-order valence-electron chi connectivity index (χ2n) is 7.74. The summed E-state index contributed by atoms with van der Waals surface area (Å²) in [7, 11) is 0. The van der Waals surface area contributed by atoms with Crippen LogP contribution in [0, 0.1) is 5.92 Å². The Hall–Kier alpha value is -2.58. The van der Waals surface area contributed by atoms with E-state index in [9.17, 15) is 27.6 Å². The van der Waals surface area contributed by atoms with Gasteiger partial charge in [-0.05, 0) is 32.0 Å². The van der Waals surface area contributed by atoms with Gasteiger partial charge < -0.3 is 14.7 Å². The van der Waals surface area contributed by atoms with Crippen molar-refractivity contribution < 1.29 is 27.6 Å². The highest BCUT2D eigenvalue weighted by Crippen LogP contribution is 2.30.